The van der Waals surface area contributed by atoms with E-state index in [4.69, 9.17) is 0 Å². The quantitative estimate of drug-likeness (QED) is 0.923. The molecule has 0 saturated heterocycles. The molecule has 20 heavy (non-hydrogen) atoms. The average molecular weight is 267 g/mol. The fraction of sp³-hybridized carbons (Fsp3) is 0.471. The molecule has 1 saturated carbocycles. The van der Waals surface area contributed by atoms with Crippen molar-refractivity contribution in [1.29, 1.82) is 0 Å². The second-order valence-corrected chi connectivity index (χ2v) is 6.11. The molecule has 2 aliphatic rings. The molecule has 2 aromatic rings. The van der Waals surface area contributed by atoms with Gasteiger partial charge in [-0.2, -0.15) is 0 Å². The van der Waals surface area contributed by atoms with E-state index in [1.54, 1.807) is 0 Å². The van der Waals surface area contributed by atoms with Crippen molar-refractivity contribution in [2.45, 2.75) is 50.7 Å². The molecule has 3 heteroatoms. The minimum absolute atomic E-state index is 0.604. The third-order valence-corrected chi connectivity index (χ3v) is 4.61. The number of hydrogen-bond acceptors (Lipinski definition) is 2. The van der Waals surface area contributed by atoms with Crippen molar-refractivity contribution in [3.05, 3.63) is 53.6 Å². The molecule has 4 rings (SSSR count). The molecular weight excluding hydrogens is 246 g/mol. The summed E-state index contributed by atoms with van der Waals surface area (Å²) in [6, 6.07) is 10.2. The van der Waals surface area contributed by atoms with Crippen molar-refractivity contribution in [2.75, 3.05) is 0 Å². The fourth-order valence-electron chi connectivity index (χ4n) is 3.27. The largest absolute Gasteiger partial charge is 0.330 e. The highest BCUT2D eigenvalue weighted by atomic mass is 15.1. The molecule has 3 nitrogen and oxygen atoms in total. The van der Waals surface area contributed by atoms with Crippen LogP contribution >= 0.6 is 0 Å². The van der Waals surface area contributed by atoms with Crippen LogP contribution < -0.4 is 5.32 Å². The lowest BCUT2D eigenvalue weighted by Gasteiger charge is -2.25. The molecule has 0 amide bonds. The number of rotatable bonds is 4. The zero-order chi connectivity index (χ0) is 13.4. The van der Waals surface area contributed by atoms with Gasteiger partial charge >= 0.3 is 0 Å². The van der Waals surface area contributed by atoms with Gasteiger partial charge in [0.25, 0.3) is 0 Å². The maximum absolute atomic E-state index is 4.31. The Labute approximate surface area is 120 Å². The highest BCUT2D eigenvalue weighted by Crippen LogP contribution is 2.35. The van der Waals surface area contributed by atoms with Crippen LogP contribution in [0.25, 0.3) is 0 Å². The summed E-state index contributed by atoms with van der Waals surface area (Å²) in [7, 11) is 0. The van der Waals surface area contributed by atoms with Crippen molar-refractivity contribution < 1.29 is 0 Å². The van der Waals surface area contributed by atoms with Crippen LogP contribution in [0.5, 0.6) is 0 Å². The van der Waals surface area contributed by atoms with E-state index in [2.05, 4.69) is 39.1 Å². The third kappa shape index (κ3) is 2.38. The Balaban J connectivity index is 1.40. The summed E-state index contributed by atoms with van der Waals surface area (Å²) in [6.07, 6.45) is 10.3. The van der Waals surface area contributed by atoms with E-state index >= 15 is 0 Å². The van der Waals surface area contributed by atoms with Gasteiger partial charge in [0, 0.05) is 24.8 Å². The fourth-order valence-corrected chi connectivity index (χ4v) is 3.27. The van der Waals surface area contributed by atoms with Gasteiger partial charge in [-0.25, -0.2) is 4.98 Å². The predicted molar refractivity (Wildman–Crippen MR) is 79.6 cm³/mol. The summed E-state index contributed by atoms with van der Waals surface area (Å²) in [6.45, 7) is 0.948. The zero-order valence-electron chi connectivity index (χ0n) is 11.8. The van der Waals surface area contributed by atoms with Gasteiger partial charge in [0.1, 0.15) is 0 Å². The van der Waals surface area contributed by atoms with E-state index in [0.717, 1.165) is 19.0 Å². The lowest BCUT2D eigenvalue weighted by Crippen LogP contribution is -2.34. The van der Waals surface area contributed by atoms with Crippen molar-refractivity contribution in [2.24, 2.45) is 0 Å². The minimum Gasteiger partial charge on any atom is -0.330 e. The van der Waals surface area contributed by atoms with E-state index in [-0.39, 0.29) is 0 Å². The molecule has 0 aliphatic heterocycles. The SMILES string of the molecule is c1ccc2c(c1)CCC(NCc1cncn1C1CC1)C2. The zero-order valence-corrected chi connectivity index (χ0v) is 11.8. The number of hydrogen-bond donors (Lipinski definition) is 1. The first-order valence-corrected chi connectivity index (χ1v) is 7.71. The molecule has 0 spiro atoms. The van der Waals surface area contributed by atoms with Gasteiger partial charge in [0.2, 0.25) is 0 Å². The normalized spacial score (nSPS) is 21.7. The van der Waals surface area contributed by atoms with Crippen molar-refractivity contribution >= 4 is 0 Å². The van der Waals surface area contributed by atoms with Crippen LogP contribution in [0.1, 0.15) is 42.1 Å². The monoisotopic (exact) mass is 267 g/mol. The average Bonchev–Trinajstić information content (AvgIpc) is 3.23. The smallest absolute Gasteiger partial charge is 0.0951 e. The second kappa shape index (κ2) is 5.06. The number of imidazole rings is 1. The van der Waals surface area contributed by atoms with E-state index in [9.17, 15) is 0 Å². The summed E-state index contributed by atoms with van der Waals surface area (Å²) < 4.78 is 2.35. The maximum atomic E-state index is 4.31. The van der Waals surface area contributed by atoms with Gasteiger partial charge in [0.15, 0.2) is 0 Å². The molecule has 2 aliphatic carbocycles. The first-order valence-electron chi connectivity index (χ1n) is 7.71. The topological polar surface area (TPSA) is 29.9 Å². The van der Waals surface area contributed by atoms with Gasteiger partial charge in [-0.1, -0.05) is 24.3 Å². The molecule has 1 fully saturated rings. The summed E-state index contributed by atoms with van der Waals surface area (Å²) in [5.74, 6) is 0. The number of fused-ring (bicyclic) bond motifs is 1. The van der Waals surface area contributed by atoms with Gasteiger partial charge in [-0.05, 0) is 43.2 Å². The lowest BCUT2D eigenvalue weighted by molar-refractivity contribution is 0.449. The standard InChI is InChI=1S/C17H21N3/c1-2-4-14-9-15(6-5-13(14)3-1)19-11-17-10-18-12-20(17)16-7-8-16/h1-4,10,12,15-16,19H,5-9,11H2. The van der Waals surface area contributed by atoms with E-state index in [0.29, 0.717) is 6.04 Å². The Kier molecular flexibility index (Phi) is 3.07. The molecule has 1 heterocycles. The maximum Gasteiger partial charge on any atom is 0.0951 e. The first kappa shape index (κ1) is 12.2. The number of nitrogens with zero attached hydrogens (tertiary/aromatic N) is 2. The molecule has 0 radical (unpaired) electrons. The van der Waals surface area contributed by atoms with E-state index < -0.39 is 0 Å². The second-order valence-electron chi connectivity index (χ2n) is 6.11. The van der Waals surface area contributed by atoms with Gasteiger partial charge in [-0.3, -0.25) is 0 Å². The van der Waals surface area contributed by atoms with Crippen LogP contribution in [-0.4, -0.2) is 15.6 Å². The Bertz CT molecular complexity index is 598. The summed E-state index contributed by atoms with van der Waals surface area (Å²) in [5.41, 5.74) is 4.40. The summed E-state index contributed by atoms with van der Waals surface area (Å²) >= 11 is 0. The molecule has 0 bridgehead atoms. The Morgan fingerprint density at radius 2 is 2.00 bits per heavy atom. The van der Waals surface area contributed by atoms with E-state index in [1.807, 2.05) is 12.5 Å². The minimum atomic E-state index is 0.604. The molecule has 104 valence electrons. The van der Waals surface area contributed by atoms with Crippen LogP contribution in [0.15, 0.2) is 36.8 Å². The van der Waals surface area contributed by atoms with Crippen LogP contribution in [0.2, 0.25) is 0 Å². The number of aromatic nitrogens is 2. The molecule has 1 aromatic carbocycles. The van der Waals surface area contributed by atoms with Gasteiger partial charge < -0.3 is 9.88 Å². The van der Waals surface area contributed by atoms with Crippen molar-refractivity contribution in [1.82, 2.24) is 14.9 Å². The van der Waals surface area contributed by atoms with Crippen molar-refractivity contribution in [3.8, 4) is 0 Å². The first-order chi connectivity index (χ1) is 9.90. The Morgan fingerprint density at radius 1 is 1.15 bits per heavy atom. The summed E-state index contributed by atoms with van der Waals surface area (Å²) in [4.78, 5) is 4.31. The molecule has 1 aromatic heterocycles. The number of nitrogens with one attached hydrogen (secondary N) is 1. The third-order valence-electron chi connectivity index (χ3n) is 4.61. The molecular formula is C17H21N3. The summed E-state index contributed by atoms with van der Waals surface area (Å²) in [5, 5.41) is 3.73. The highest BCUT2D eigenvalue weighted by molar-refractivity contribution is 5.30. The lowest BCUT2D eigenvalue weighted by atomic mass is 9.88. The predicted octanol–water partition coefficient (Wildman–Crippen LogP) is 2.87. The highest BCUT2D eigenvalue weighted by Gasteiger charge is 2.25. The molecule has 1 N–H and O–H groups in total. The van der Waals surface area contributed by atoms with Gasteiger partial charge in [-0.15, -0.1) is 0 Å². The molecule has 1 atom stereocenters. The Morgan fingerprint density at radius 3 is 2.85 bits per heavy atom. The molecule has 1 unspecified atom stereocenters. The number of benzene rings is 1. The van der Waals surface area contributed by atoms with Crippen LogP contribution in [-0.2, 0) is 19.4 Å². The van der Waals surface area contributed by atoms with Crippen LogP contribution in [0, 0.1) is 0 Å². The van der Waals surface area contributed by atoms with Crippen LogP contribution in [0.3, 0.4) is 0 Å². The number of aryl methyl sites for hydroxylation is 1. The van der Waals surface area contributed by atoms with Crippen LogP contribution in [0.4, 0.5) is 0 Å². The van der Waals surface area contributed by atoms with Gasteiger partial charge in [0.05, 0.1) is 12.0 Å². The van der Waals surface area contributed by atoms with E-state index in [1.165, 1.54) is 42.5 Å². The van der Waals surface area contributed by atoms with Crippen molar-refractivity contribution in [3.63, 3.8) is 0 Å². The Hall–Kier alpha value is -1.61.